The van der Waals surface area contributed by atoms with Gasteiger partial charge in [0.25, 0.3) is 0 Å². The number of nitrogens with zero attached hydrogens (tertiary/aromatic N) is 2. The first kappa shape index (κ1) is 18.2. The van der Waals surface area contributed by atoms with E-state index in [-0.39, 0.29) is 29.5 Å². The fourth-order valence-corrected chi connectivity index (χ4v) is 1.54. The molecule has 1 rings (SSSR count). The minimum atomic E-state index is -0.0859. The number of hydrogen-bond acceptors (Lipinski definition) is 3. The molecule has 0 amide bonds. The van der Waals surface area contributed by atoms with Crippen LogP contribution in [0.2, 0.25) is 0 Å². The van der Waals surface area contributed by atoms with E-state index in [1.54, 1.807) is 0 Å². The Morgan fingerprint density at radius 1 is 1.42 bits per heavy atom. The van der Waals surface area contributed by atoms with Gasteiger partial charge in [-0.3, -0.25) is 0 Å². The summed E-state index contributed by atoms with van der Waals surface area (Å²) in [4.78, 5) is 8.62. The maximum absolute atomic E-state index is 5.80. The summed E-state index contributed by atoms with van der Waals surface area (Å²) < 4.78 is 5.63. The van der Waals surface area contributed by atoms with Crippen molar-refractivity contribution in [2.24, 2.45) is 10.7 Å². The highest BCUT2D eigenvalue weighted by Gasteiger charge is 2.11. The molecule has 0 saturated carbocycles. The number of nitrogens with two attached hydrogens (primary N) is 1. The Bertz CT molecular complexity index is 421. The quantitative estimate of drug-likeness (QED) is 0.479. The van der Waals surface area contributed by atoms with Crippen molar-refractivity contribution in [1.82, 2.24) is 10.3 Å². The zero-order chi connectivity index (χ0) is 13.8. The number of hydrogen-bond donors (Lipinski definition) is 2. The first-order chi connectivity index (χ1) is 8.31. The Kier molecular flexibility index (Phi) is 7.39. The summed E-state index contributed by atoms with van der Waals surface area (Å²) in [7, 11) is 0. The highest BCUT2D eigenvalue weighted by molar-refractivity contribution is 14.0. The van der Waals surface area contributed by atoms with Gasteiger partial charge in [-0.2, -0.15) is 0 Å². The van der Waals surface area contributed by atoms with E-state index in [2.05, 4.69) is 22.2 Å². The molecule has 0 unspecified atom stereocenters. The summed E-state index contributed by atoms with van der Waals surface area (Å²) >= 11 is 0. The number of aliphatic imine (C=N–C) groups is 1. The van der Waals surface area contributed by atoms with Crippen LogP contribution in [0.15, 0.2) is 9.41 Å². The van der Waals surface area contributed by atoms with Crippen molar-refractivity contribution in [3.8, 4) is 0 Å². The van der Waals surface area contributed by atoms with Crippen LogP contribution in [0.1, 0.15) is 51.5 Å². The van der Waals surface area contributed by atoms with E-state index in [1.165, 1.54) is 0 Å². The van der Waals surface area contributed by atoms with Crippen molar-refractivity contribution >= 4 is 29.9 Å². The second-order valence-electron chi connectivity index (χ2n) is 5.44. The summed E-state index contributed by atoms with van der Waals surface area (Å²) in [6, 6.07) is 0. The molecule has 1 heterocycles. The Morgan fingerprint density at radius 3 is 2.58 bits per heavy atom. The highest BCUT2D eigenvalue weighted by Crippen LogP contribution is 2.12. The third-order valence-electron chi connectivity index (χ3n) is 2.30. The van der Waals surface area contributed by atoms with Gasteiger partial charge in [-0.15, -0.1) is 24.0 Å². The maximum atomic E-state index is 5.80. The van der Waals surface area contributed by atoms with Gasteiger partial charge < -0.3 is 15.5 Å². The fraction of sp³-hybridized carbons (Fsp3) is 0.692. The average Bonchev–Trinajstić information content (AvgIpc) is 2.54. The van der Waals surface area contributed by atoms with E-state index >= 15 is 0 Å². The molecule has 0 aliphatic heterocycles. The zero-order valence-corrected chi connectivity index (χ0v) is 14.7. The van der Waals surface area contributed by atoms with Crippen LogP contribution >= 0.6 is 24.0 Å². The normalized spacial score (nSPS) is 12.2. The number of aromatic nitrogens is 1. The van der Waals surface area contributed by atoms with Crippen molar-refractivity contribution in [3.05, 3.63) is 17.3 Å². The number of guanidine groups is 1. The standard InChI is InChI=1S/C13H24N4O.HI/c1-6-7-11-16-9(2)10(18-11)8-15-12(14)17-13(3,4)5;/h6-8H2,1-5H3,(H3,14,15,17);1H. The third kappa shape index (κ3) is 6.79. The zero-order valence-electron chi connectivity index (χ0n) is 12.4. The molecule has 19 heavy (non-hydrogen) atoms. The van der Waals surface area contributed by atoms with Gasteiger partial charge in [0.05, 0.1) is 5.69 Å². The second-order valence-corrected chi connectivity index (χ2v) is 5.44. The lowest BCUT2D eigenvalue weighted by atomic mass is 10.1. The molecule has 0 aliphatic rings. The van der Waals surface area contributed by atoms with Crippen LogP contribution in [-0.4, -0.2) is 16.5 Å². The van der Waals surface area contributed by atoms with E-state index in [0.717, 1.165) is 30.2 Å². The van der Waals surface area contributed by atoms with Crippen molar-refractivity contribution in [1.29, 1.82) is 0 Å². The predicted octanol–water partition coefficient (Wildman–Crippen LogP) is 2.76. The van der Waals surface area contributed by atoms with Crippen LogP contribution in [0.4, 0.5) is 0 Å². The van der Waals surface area contributed by atoms with Gasteiger partial charge >= 0.3 is 0 Å². The largest absolute Gasteiger partial charge is 0.443 e. The molecule has 110 valence electrons. The van der Waals surface area contributed by atoms with Crippen LogP contribution < -0.4 is 11.1 Å². The molecule has 6 heteroatoms. The van der Waals surface area contributed by atoms with Gasteiger partial charge in [0.1, 0.15) is 12.3 Å². The average molecular weight is 380 g/mol. The fourth-order valence-electron chi connectivity index (χ4n) is 1.54. The van der Waals surface area contributed by atoms with Crippen LogP contribution in [0.25, 0.3) is 0 Å². The summed E-state index contributed by atoms with van der Waals surface area (Å²) in [5.41, 5.74) is 6.61. The minimum Gasteiger partial charge on any atom is -0.443 e. The van der Waals surface area contributed by atoms with Gasteiger partial charge in [0.2, 0.25) is 0 Å². The Balaban J connectivity index is 0.00000324. The molecule has 0 radical (unpaired) electrons. The first-order valence-corrected chi connectivity index (χ1v) is 6.35. The third-order valence-corrected chi connectivity index (χ3v) is 2.30. The number of aryl methyl sites for hydroxylation is 2. The molecule has 0 aromatic carbocycles. The Morgan fingerprint density at radius 2 is 2.05 bits per heavy atom. The van der Waals surface area contributed by atoms with Crippen molar-refractivity contribution in [3.63, 3.8) is 0 Å². The van der Waals surface area contributed by atoms with Crippen molar-refractivity contribution < 1.29 is 4.42 Å². The molecule has 1 aromatic rings. The number of nitrogens with one attached hydrogen (secondary N) is 1. The van der Waals surface area contributed by atoms with Gasteiger partial charge in [-0.05, 0) is 34.1 Å². The summed E-state index contributed by atoms with van der Waals surface area (Å²) in [6.45, 7) is 10.6. The topological polar surface area (TPSA) is 76.4 Å². The maximum Gasteiger partial charge on any atom is 0.194 e. The van der Waals surface area contributed by atoms with Crippen LogP contribution in [-0.2, 0) is 13.0 Å². The summed E-state index contributed by atoms with van der Waals surface area (Å²) in [6.07, 6.45) is 1.89. The first-order valence-electron chi connectivity index (χ1n) is 6.35. The Hall–Kier alpha value is -0.790. The minimum absolute atomic E-state index is 0. The lowest BCUT2D eigenvalue weighted by molar-refractivity contribution is 0.452. The van der Waals surface area contributed by atoms with Gasteiger partial charge in [-0.1, -0.05) is 6.92 Å². The molecule has 0 aliphatic carbocycles. The van der Waals surface area contributed by atoms with E-state index in [0.29, 0.717) is 12.5 Å². The monoisotopic (exact) mass is 380 g/mol. The number of oxazole rings is 1. The molecule has 1 aromatic heterocycles. The summed E-state index contributed by atoms with van der Waals surface area (Å²) in [5, 5.41) is 3.11. The van der Waals surface area contributed by atoms with E-state index in [9.17, 15) is 0 Å². The van der Waals surface area contributed by atoms with E-state index in [1.807, 2.05) is 27.7 Å². The van der Waals surface area contributed by atoms with Crippen molar-refractivity contribution in [2.75, 3.05) is 0 Å². The lowest BCUT2D eigenvalue weighted by Gasteiger charge is -2.20. The van der Waals surface area contributed by atoms with Crippen LogP contribution in [0.5, 0.6) is 0 Å². The SMILES string of the molecule is CCCc1nc(C)c(CN=C(N)NC(C)(C)C)o1.I. The van der Waals surface area contributed by atoms with E-state index in [4.69, 9.17) is 10.2 Å². The second kappa shape index (κ2) is 7.72. The molecule has 3 N–H and O–H groups in total. The molecule has 0 fully saturated rings. The van der Waals surface area contributed by atoms with E-state index < -0.39 is 0 Å². The predicted molar refractivity (Wildman–Crippen MR) is 88.9 cm³/mol. The molecule has 5 nitrogen and oxygen atoms in total. The molecule has 0 saturated heterocycles. The highest BCUT2D eigenvalue weighted by atomic mass is 127. The van der Waals surface area contributed by atoms with Crippen LogP contribution in [0, 0.1) is 6.92 Å². The molecule has 0 spiro atoms. The molecule has 0 bridgehead atoms. The molecule has 0 atom stereocenters. The molecular formula is C13H25IN4O. The smallest absolute Gasteiger partial charge is 0.194 e. The number of halogens is 1. The summed E-state index contributed by atoms with van der Waals surface area (Å²) in [5.74, 6) is 2.00. The van der Waals surface area contributed by atoms with Crippen LogP contribution in [0.3, 0.4) is 0 Å². The molecular weight excluding hydrogens is 355 g/mol. The van der Waals surface area contributed by atoms with Gasteiger partial charge in [-0.25, -0.2) is 9.98 Å². The lowest BCUT2D eigenvalue weighted by Crippen LogP contribution is -2.44. The van der Waals surface area contributed by atoms with Crippen molar-refractivity contribution in [2.45, 2.75) is 59.5 Å². The van der Waals surface area contributed by atoms with Gasteiger partial charge in [0.15, 0.2) is 11.9 Å². The number of rotatable bonds is 4. The van der Waals surface area contributed by atoms with Gasteiger partial charge in [0, 0.05) is 12.0 Å². The Labute approximate surface area is 132 Å².